The van der Waals surface area contributed by atoms with Crippen LogP contribution in [0.15, 0.2) is 53.6 Å². The van der Waals surface area contributed by atoms with Crippen LogP contribution in [0, 0.1) is 11.7 Å². The first-order valence-corrected chi connectivity index (χ1v) is 17.1. The first kappa shape index (κ1) is 36.6. The number of benzene rings is 2. The second-order valence-corrected chi connectivity index (χ2v) is 13.5. The number of amides is 1. The van der Waals surface area contributed by atoms with Gasteiger partial charge in [0.05, 0.1) is 24.9 Å². The average Bonchev–Trinajstić information content (AvgIpc) is 3.38. The zero-order chi connectivity index (χ0) is 35.0. The minimum atomic E-state index is -3.18. The summed E-state index contributed by atoms with van der Waals surface area (Å²) in [5.41, 5.74) is 7.03. The number of nitrogens with zero attached hydrogens (tertiary/aromatic N) is 6. The standard InChI is InChI=1S/C35H42F3N9O3.ClH/c1-50-28-16-24(36)4-7-27(28)33(48)41-17-23-2-5-25(6-3-23)46-30-31(39)42-21-43-32(30)47(34(46)49)29-11-13-44(20-35(29,37)38)12-8-22-9-14-45(15-10-22)26-18-40-19-26;/h2-7,16,21-22,26,29,40H,8-15,17-20H2,1H3,(H,41,48)(H2,39,42,43);1H/t29-;/m0./s1. The van der Waals surface area contributed by atoms with E-state index in [2.05, 4.69) is 25.5 Å². The molecule has 3 aliphatic rings. The van der Waals surface area contributed by atoms with Crippen molar-refractivity contribution in [3.05, 3.63) is 76.2 Å². The number of carbonyl (C=O) groups excluding carboxylic acids is 1. The molecule has 0 spiro atoms. The molecule has 3 saturated heterocycles. The molecule has 0 radical (unpaired) electrons. The topological polar surface area (TPSA) is 136 Å². The third-order valence-corrected chi connectivity index (χ3v) is 10.5. The van der Waals surface area contributed by atoms with Gasteiger partial charge < -0.3 is 21.1 Å². The van der Waals surface area contributed by atoms with Crippen molar-refractivity contribution in [1.82, 2.24) is 39.5 Å². The van der Waals surface area contributed by atoms with Crippen LogP contribution >= 0.6 is 12.4 Å². The molecule has 12 nitrogen and oxygen atoms in total. The van der Waals surface area contributed by atoms with Crippen molar-refractivity contribution in [2.24, 2.45) is 5.92 Å². The van der Waals surface area contributed by atoms with Crippen LogP contribution in [0.2, 0.25) is 0 Å². The van der Waals surface area contributed by atoms with Crippen molar-refractivity contribution in [2.45, 2.75) is 50.2 Å². The highest BCUT2D eigenvalue weighted by atomic mass is 35.5. The Kier molecular flexibility index (Phi) is 10.9. The van der Waals surface area contributed by atoms with Crippen molar-refractivity contribution in [3.8, 4) is 11.4 Å². The number of nitrogen functional groups attached to an aromatic ring is 1. The second-order valence-electron chi connectivity index (χ2n) is 13.5. The van der Waals surface area contributed by atoms with E-state index in [0.717, 1.165) is 56.1 Å². The minimum absolute atomic E-state index is 0. The molecule has 0 bridgehead atoms. The smallest absolute Gasteiger partial charge is 0.335 e. The number of nitrogens with two attached hydrogens (primary N) is 1. The molecule has 16 heteroatoms. The first-order chi connectivity index (χ1) is 24.1. The van der Waals surface area contributed by atoms with Gasteiger partial charge in [-0.3, -0.25) is 23.7 Å². The Morgan fingerprint density at radius 1 is 1.08 bits per heavy atom. The first-order valence-electron chi connectivity index (χ1n) is 17.1. The lowest BCUT2D eigenvalue weighted by Gasteiger charge is -2.43. The molecule has 4 N–H and O–H groups in total. The number of hydrogen-bond acceptors (Lipinski definition) is 9. The Labute approximate surface area is 299 Å². The van der Waals surface area contributed by atoms with E-state index in [1.807, 2.05) is 4.90 Å². The fraction of sp³-hybridized carbons (Fsp3) is 0.486. The van der Waals surface area contributed by atoms with Crippen LogP contribution in [0.1, 0.15) is 47.6 Å². The lowest BCUT2D eigenvalue weighted by molar-refractivity contribution is -0.104. The van der Waals surface area contributed by atoms with Gasteiger partial charge in [0.15, 0.2) is 11.5 Å². The summed E-state index contributed by atoms with van der Waals surface area (Å²) in [5, 5.41) is 6.10. The Hall–Kier alpha value is -4.18. The quantitative estimate of drug-likeness (QED) is 0.224. The highest BCUT2D eigenvalue weighted by Crippen LogP contribution is 2.38. The maximum atomic E-state index is 16.0. The zero-order valence-corrected chi connectivity index (χ0v) is 29.2. The number of hydrogen-bond donors (Lipinski definition) is 3. The highest BCUT2D eigenvalue weighted by Gasteiger charge is 2.47. The summed E-state index contributed by atoms with van der Waals surface area (Å²) in [4.78, 5) is 39.5. The number of halogens is 4. The summed E-state index contributed by atoms with van der Waals surface area (Å²) in [7, 11) is 1.35. The largest absolute Gasteiger partial charge is 0.496 e. The number of rotatable bonds is 10. The lowest BCUT2D eigenvalue weighted by atomic mass is 9.91. The number of ether oxygens (including phenoxy) is 1. The van der Waals surface area contributed by atoms with Gasteiger partial charge in [-0.15, -0.1) is 12.4 Å². The van der Waals surface area contributed by atoms with Gasteiger partial charge in [0.25, 0.3) is 11.8 Å². The highest BCUT2D eigenvalue weighted by molar-refractivity contribution is 5.96. The number of likely N-dealkylation sites (tertiary alicyclic amines) is 2. The zero-order valence-electron chi connectivity index (χ0n) is 28.4. The summed E-state index contributed by atoms with van der Waals surface area (Å²) in [6.07, 6.45) is 4.35. The van der Waals surface area contributed by atoms with Crippen molar-refractivity contribution in [3.63, 3.8) is 0 Å². The fourth-order valence-corrected chi connectivity index (χ4v) is 7.49. The van der Waals surface area contributed by atoms with Crippen LogP contribution in [-0.2, 0) is 6.54 Å². The van der Waals surface area contributed by atoms with Gasteiger partial charge in [-0.05, 0) is 81.1 Å². The lowest BCUT2D eigenvalue weighted by Crippen LogP contribution is -2.58. The molecule has 274 valence electrons. The Morgan fingerprint density at radius 2 is 1.82 bits per heavy atom. The van der Waals surface area contributed by atoms with Crippen molar-refractivity contribution in [1.29, 1.82) is 0 Å². The second kappa shape index (κ2) is 15.2. The third kappa shape index (κ3) is 7.43. The summed E-state index contributed by atoms with van der Waals surface area (Å²) >= 11 is 0. The van der Waals surface area contributed by atoms with Gasteiger partial charge in [-0.1, -0.05) is 12.1 Å². The molecule has 0 saturated carbocycles. The number of nitrogens with one attached hydrogen (secondary N) is 2. The summed E-state index contributed by atoms with van der Waals surface area (Å²) in [6, 6.07) is 9.58. The molecule has 5 heterocycles. The maximum Gasteiger partial charge on any atom is 0.335 e. The van der Waals surface area contributed by atoms with E-state index in [4.69, 9.17) is 10.5 Å². The van der Waals surface area contributed by atoms with Crippen molar-refractivity contribution >= 4 is 35.3 Å². The van der Waals surface area contributed by atoms with Crippen molar-refractivity contribution < 1.29 is 22.7 Å². The molecule has 51 heavy (non-hydrogen) atoms. The maximum absolute atomic E-state index is 16.0. The summed E-state index contributed by atoms with van der Waals surface area (Å²) < 4.78 is 53.1. The molecule has 3 aliphatic heterocycles. The van der Waals surface area contributed by atoms with Gasteiger partial charge in [-0.25, -0.2) is 27.9 Å². The van der Waals surface area contributed by atoms with Crippen LogP contribution in [0.4, 0.5) is 19.0 Å². The molecular weight excluding hydrogens is 687 g/mol. The Balaban J connectivity index is 0.00000448. The van der Waals surface area contributed by atoms with Crippen LogP contribution in [0.5, 0.6) is 5.75 Å². The van der Waals surface area contributed by atoms with Crippen LogP contribution in [-0.4, -0.2) is 99.7 Å². The van der Waals surface area contributed by atoms with E-state index in [0.29, 0.717) is 36.3 Å². The van der Waals surface area contributed by atoms with Crippen LogP contribution < -0.4 is 26.8 Å². The molecular formula is C35H43ClF3N9O3. The van der Waals surface area contributed by atoms with Crippen LogP contribution in [0.3, 0.4) is 0 Å². The van der Waals surface area contributed by atoms with E-state index < -0.39 is 35.9 Å². The molecule has 7 rings (SSSR count). The van der Waals surface area contributed by atoms with Crippen LogP contribution in [0.25, 0.3) is 16.9 Å². The van der Waals surface area contributed by atoms with Crippen molar-refractivity contribution in [2.75, 3.05) is 58.7 Å². The number of carbonyl (C=O) groups is 1. The normalized spacial score (nSPS) is 20.1. The number of anilines is 1. The van der Waals surface area contributed by atoms with Gasteiger partial charge in [0.2, 0.25) is 0 Å². The van der Waals surface area contributed by atoms with Gasteiger partial charge in [0.1, 0.15) is 29.5 Å². The molecule has 0 unspecified atom stereocenters. The number of alkyl halides is 2. The molecule has 4 aromatic rings. The number of imidazole rings is 1. The number of fused-ring (bicyclic) bond motifs is 1. The molecule has 2 aromatic heterocycles. The van der Waals surface area contributed by atoms with Gasteiger partial charge in [0, 0.05) is 38.3 Å². The van der Waals surface area contributed by atoms with Gasteiger partial charge in [-0.2, -0.15) is 0 Å². The van der Waals surface area contributed by atoms with Gasteiger partial charge >= 0.3 is 5.69 Å². The van der Waals surface area contributed by atoms with E-state index in [9.17, 15) is 14.0 Å². The number of methoxy groups -OCH3 is 1. The van der Waals surface area contributed by atoms with E-state index in [1.54, 1.807) is 24.3 Å². The molecule has 0 aliphatic carbocycles. The van der Waals surface area contributed by atoms with E-state index in [1.165, 1.54) is 30.1 Å². The molecule has 1 amide bonds. The molecule has 1 atom stereocenters. The minimum Gasteiger partial charge on any atom is -0.496 e. The average molecular weight is 730 g/mol. The monoisotopic (exact) mass is 729 g/mol. The van der Waals surface area contributed by atoms with E-state index >= 15 is 8.78 Å². The number of aromatic nitrogens is 4. The van der Waals surface area contributed by atoms with E-state index in [-0.39, 0.29) is 53.7 Å². The summed E-state index contributed by atoms with van der Waals surface area (Å²) in [5.74, 6) is -3.52. The fourth-order valence-electron chi connectivity index (χ4n) is 7.49. The predicted octanol–water partition coefficient (Wildman–Crippen LogP) is 3.62. The third-order valence-electron chi connectivity index (χ3n) is 10.5. The molecule has 3 fully saturated rings. The Morgan fingerprint density at radius 3 is 2.49 bits per heavy atom. The SMILES string of the molecule is COc1cc(F)ccc1C(=O)NCc1ccc(-n2c(=O)n([C@H]3CCN(CCC4CCN(C5CNC5)CC4)CC3(F)F)c3ncnc(N)c32)cc1.Cl. The molecule has 2 aromatic carbocycles. The Bertz CT molecular complexity index is 1910. The summed E-state index contributed by atoms with van der Waals surface area (Å²) in [6.45, 7) is 4.99. The number of piperidine rings is 2. The predicted molar refractivity (Wildman–Crippen MR) is 190 cm³/mol.